The molecule has 1 aromatic heterocycles. The lowest BCUT2D eigenvalue weighted by Crippen LogP contribution is -2.31. The second-order valence-corrected chi connectivity index (χ2v) is 6.95. The van der Waals surface area contributed by atoms with Crippen molar-refractivity contribution in [2.75, 3.05) is 13.7 Å². The van der Waals surface area contributed by atoms with E-state index < -0.39 is 0 Å². The molecule has 0 saturated heterocycles. The predicted molar refractivity (Wildman–Crippen MR) is 103 cm³/mol. The minimum Gasteiger partial charge on any atom is -0.496 e. The van der Waals surface area contributed by atoms with E-state index in [1.807, 2.05) is 29.2 Å². The predicted octanol–water partition coefficient (Wildman–Crippen LogP) is 4.00. The highest BCUT2D eigenvalue weighted by Gasteiger charge is 2.24. The first-order valence-electron chi connectivity index (χ1n) is 9.16. The summed E-state index contributed by atoms with van der Waals surface area (Å²) in [4.78, 5) is 18.3. The van der Waals surface area contributed by atoms with Crippen LogP contribution in [-0.2, 0) is 24.2 Å². The van der Waals surface area contributed by atoms with Gasteiger partial charge in [-0.3, -0.25) is 4.79 Å². The molecule has 0 radical (unpaired) electrons. The van der Waals surface area contributed by atoms with Crippen molar-refractivity contribution < 1.29 is 9.53 Å². The molecule has 134 valence electrons. The summed E-state index contributed by atoms with van der Waals surface area (Å²) in [5, 5.41) is 1.24. The number of ether oxygens (including phenoxy) is 1. The number of H-pyrrole nitrogens is 1. The molecule has 2 aromatic carbocycles. The van der Waals surface area contributed by atoms with Crippen LogP contribution in [0.25, 0.3) is 10.9 Å². The summed E-state index contributed by atoms with van der Waals surface area (Å²) in [6, 6.07) is 14.3. The Morgan fingerprint density at radius 2 is 1.96 bits per heavy atom. The van der Waals surface area contributed by atoms with Crippen LogP contribution in [0.15, 0.2) is 42.5 Å². The molecule has 0 saturated carbocycles. The fourth-order valence-corrected chi connectivity index (χ4v) is 3.99. The molecule has 2 heterocycles. The van der Waals surface area contributed by atoms with E-state index in [0.717, 1.165) is 36.2 Å². The zero-order valence-electron chi connectivity index (χ0n) is 15.3. The monoisotopic (exact) mass is 348 g/mol. The summed E-state index contributed by atoms with van der Waals surface area (Å²) in [6.07, 6.45) is 2.20. The van der Waals surface area contributed by atoms with Crippen molar-refractivity contribution in [2.45, 2.75) is 32.7 Å². The van der Waals surface area contributed by atoms with Crippen LogP contribution in [0.1, 0.15) is 28.8 Å². The Morgan fingerprint density at radius 1 is 1.15 bits per heavy atom. The normalized spacial score (nSPS) is 13.7. The van der Waals surface area contributed by atoms with Crippen molar-refractivity contribution >= 4 is 16.8 Å². The van der Waals surface area contributed by atoms with Gasteiger partial charge in [-0.05, 0) is 43.0 Å². The standard InChI is InChI=1S/C22H24N2O2/c1-15-17-12-13-24(21(25)11-8-16-6-4-3-5-7-16)14-18-20(26-2)10-9-19(23-15)22(17)18/h3-7,9-10,23H,8,11-14H2,1-2H3. The average molecular weight is 348 g/mol. The van der Waals surface area contributed by atoms with Crippen molar-refractivity contribution in [3.05, 3.63) is 64.8 Å². The third kappa shape index (κ3) is 2.96. The van der Waals surface area contributed by atoms with E-state index in [4.69, 9.17) is 4.74 Å². The SMILES string of the molecule is COc1ccc2[nH]c(C)c3c2c1CN(C(=O)CCc1ccccc1)CC3. The Balaban J connectivity index is 1.59. The number of hydrogen-bond acceptors (Lipinski definition) is 2. The van der Waals surface area contributed by atoms with Crippen LogP contribution in [-0.4, -0.2) is 29.4 Å². The van der Waals surface area contributed by atoms with Crippen LogP contribution < -0.4 is 4.74 Å². The van der Waals surface area contributed by atoms with Crippen molar-refractivity contribution in [1.82, 2.24) is 9.88 Å². The van der Waals surface area contributed by atoms with Gasteiger partial charge in [-0.1, -0.05) is 30.3 Å². The third-order valence-electron chi connectivity index (χ3n) is 5.37. The third-order valence-corrected chi connectivity index (χ3v) is 5.37. The van der Waals surface area contributed by atoms with E-state index in [9.17, 15) is 4.79 Å². The van der Waals surface area contributed by atoms with E-state index in [2.05, 4.69) is 30.1 Å². The Bertz CT molecular complexity index is 944. The summed E-state index contributed by atoms with van der Waals surface area (Å²) in [5.41, 5.74) is 5.96. The molecular weight excluding hydrogens is 324 g/mol. The van der Waals surface area contributed by atoms with E-state index in [1.165, 1.54) is 22.2 Å². The molecule has 0 aliphatic carbocycles. The van der Waals surface area contributed by atoms with E-state index in [0.29, 0.717) is 13.0 Å². The number of aromatic amines is 1. The summed E-state index contributed by atoms with van der Waals surface area (Å²) >= 11 is 0. The Hall–Kier alpha value is -2.75. The summed E-state index contributed by atoms with van der Waals surface area (Å²) < 4.78 is 5.60. The lowest BCUT2D eigenvalue weighted by atomic mass is 10.0. The molecule has 1 amide bonds. The molecule has 0 fully saturated rings. The number of rotatable bonds is 4. The van der Waals surface area contributed by atoms with E-state index in [-0.39, 0.29) is 5.91 Å². The smallest absolute Gasteiger partial charge is 0.223 e. The summed E-state index contributed by atoms with van der Waals surface area (Å²) in [6.45, 7) is 3.47. The highest BCUT2D eigenvalue weighted by molar-refractivity contribution is 5.91. The lowest BCUT2D eigenvalue weighted by Gasteiger charge is -2.22. The van der Waals surface area contributed by atoms with Crippen molar-refractivity contribution in [2.24, 2.45) is 0 Å². The Kier molecular flexibility index (Phi) is 4.41. The number of nitrogens with zero attached hydrogens (tertiary/aromatic N) is 1. The maximum atomic E-state index is 12.9. The molecule has 26 heavy (non-hydrogen) atoms. The minimum absolute atomic E-state index is 0.208. The van der Waals surface area contributed by atoms with Gasteiger partial charge in [0.25, 0.3) is 0 Å². The highest BCUT2D eigenvalue weighted by atomic mass is 16.5. The van der Waals surface area contributed by atoms with Crippen LogP contribution in [0.2, 0.25) is 0 Å². The molecule has 4 rings (SSSR count). The zero-order chi connectivity index (χ0) is 18.1. The van der Waals surface area contributed by atoms with Gasteiger partial charge >= 0.3 is 0 Å². The number of carbonyl (C=O) groups is 1. The number of hydrogen-bond donors (Lipinski definition) is 1. The number of aromatic nitrogens is 1. The second-order valence-electron chi connectivity index (χ2n) is 6.95. The number of carbonyl (C=O) groups excluding carboxylic acids is 1. The van der Waals surface area contributed by atoms with Gasteiger partial charge in [0.15, 0.2) is 0 Å². The van der Waals surface area contributed by atoms with E-state index in [1.54, 1.807) is 7.11 Å². The van der Waals surface area contributed by atoms with Crippen molar-refractivity contribution in [1.29, 1.82) is 0 Å². The molecule has 4 nitrogen and oxygen atoms in total. The first-order chi connectivity index (χ1) is 12.7. The maximum Gasteiger partial charge on any atom is 0.223 e. The molecule has 4 heteroatoms. The van der Waals surface area contributed by atoms with Gasteiger partial charge in [0.2, 0.25) is 5.91 Å². The largest absolute Gasteiger partial charge is 0.496 e. The number of benzene rings is 2. The van der Waals surface area contributed by atoms with Crippen molar-refractivity contribution in [3.8, 4) is 5.75 Å². The maximum absolute atomic E-state index is 12.9. The first-order valence-corrected chi connectivity index (χ1v) is 9.16. The molecular formula is C22H24N2O2. The zero-order valence-corrected chi connectivity index (χ0v) is 15.3. The lowest BCUT2D eigenvalue weighted by molar-refractivity contribution is -0.131. The van der Waals surface area contributed by atoms with Crippen LogP contribution in [0.5, 0.6) is 5.75 Å². The van der Waals surface area contributed by atoms with Crippen LogP contribution >= 0.6 is 0 Å². The molecule has 1 N–H and O–H groups in total. The second kappa shape index (κ2) is 6.87. The number of aryl methyl sites for hydroxylation is 2. The number of nitrogens with one attached hydrogen (secondary N) is 1. The van der Waals surface area contributed by atoms with Gasteiger partial charge < -0.3 is 14.6 Å². The molecule has 1 aliphatic heterocycles. The molecule has 1 aliphatic rings. The Morgan fingerprint density at radius 3 is 2.73 bits per heavy atom. The van der Waals surface area contributed by atoms with Crippen molar-refractivity contribution in [3.63, 3.8) is 0 Å². The quantitative estimate of drug-likeness (QED) is 0.774. The topological polar surface area (TPSA) is 45.3 Å². The fourth-order valence-electron chi connectivity index (χ4n) is 3.99. The van der Waals surface area contributed by atoms with Crippen LogP contribution in [0.3, 0.4) is 0 Å². The summed E-state index contributed by atoms with van der Waals surface area (Å²) in [7, 11) is 1.70. The van der Waals surface area contributed by atoms with Crippen LogP contribution in [0, 0.1) is 6.92 Å². The van der Waals surface area contributed by atoms with Gasteiger partial charge in [0.05, 0.1) is 7.11 Å². The van der Waals surface area contributed by atoms with E-state index >= 15 is 0 Å². The van der Waals surface area contributed by atoms with Gasteiger partial charge in [-0.15, -0.1) is 0 Å². The Labute approximate surface area is 153 Å². The molecule has 0 atom stereocenters. The average Bonchev–Trinajstić information content (AvgIpc) is 2.86. The van der Waals surface area contributed by atoms with Gasteiger partial charge in [-0.2, -0.15) is 0 Å². The first kappa shape index (κ1) is 16.7. The molecule has 3 aromatic rings. The molecule has 0 bridgehead atoms. The number of amides is 1. The highest BCUT2D eigenvalue weighted by Crippen LogP contribution is 2.35. The summed E-state index contributed by atoms with van der Waals surface area (Å²) in [5.74, 6) is 1.07. The fraction of sp³-hybridized carbons (Fsp3) is 0.318. The molecule has 0 spiro atoms. The molecule has 0 unspecified atom stereocenters. The van der Waals surface area contributed by atoms with Gasteiger partial charge in [0, 0.05) is 41.7 Å². The van der Waals surface area contributed by atoms with Gasteiger partial charge in [0.1, 0.15) is 5.75 Å². The van der Waals surface area contributed by atoms with Gasteiger partial charge in [-0.25, -0.2) is 0 Å². The van der Waals surface area contributed by atoms with Crippen LogP contribution in [0.4, 0.5) is 0 Å². The number of methoxy groups -OCH3 is 1. The minimum atomic E-state index is 0.208.